The van der Waals surface area contributed by atoms with Crippen LogP contribution in [0.4, 0.5) is 0 Å². The Morgan fingerprint density at radius 1 is 1.37 bits per heavy atom. The van der Waals surface area contributed by atoms with Crippen molar-refractivity contribution in [3.8, 4) is 0 Å². The maximum Gasteiger partial charge on any atom is 0.0615 e. The first-order chi connectivity index (χ1) is 8.95. The molecule has 0 radical (unpaired) electrons. The summed E-state index contributed by atoms with van der Waals surface area (Å²) in [6.45, 7) is 14.6. The van der Waals surface area contributed by atoms with Crippen molar-refractivity contribution < 1.29 is 4.74 Å². The quantitative estimate of drug-likeness (QED) is 0.770. The molecule has 0 amide bonds. The molecule has 0 aromatic rings. The molecule has 3 heteroatoms. The predicted molar refractivity (Wildman–Crippen MR) is 82.6 cm³/mol. The van der Waals surface area contributed by atoms with E-state index in [9.17, 15) is 0 Å². The Bertz CT molecular complexity index is 255. The van der Waals surface area contributed by atoms with Gasteiger partial charge in [0.2, 0.25) is 0 Å². The largest absolute Gasteiger partial charge is 0.383 e. The Labute approximate surface area is 120 Å². The van der Waals surface area contributed by atoms with Crippen molar-refractivity contribution in [3.05, 3.63) is 0 Å². The summed E-state index contributed by atoms with van der Waals surface area (Å²) in [5.74, 6) is 0. The van der Waals surface area contributed by atoms with Crippen LogP contribution < -0.4 is 5.32 Å². The minimum absolute atomic E-state index is 0.469. The summed E-state index contributed by atoms with van der Waals surface area (Å²) in [4.78, 5) is 2.64. The van der Waals surface area contributed by atoms with Crippen LogP contribution in [0.2, 0.25) is 0 Å². The molecule has 0 saturated heterocycles. The SMILES string of the molecule is CCNC1CCC(C)(C)CC1N(CC)C(C)COC. The second-order valence-corrected chi connectivity index (χ2v) is 6.77. The Morgan fingerprint density at radius 2 is 2.05 bits per heavy atom. The van der Waals surface area contributed by atoms with E-state index in [1.165, 1.54) is 19.3 Å². The van der Waals surface area contributed by atoms with Crippen molar-refractivity contribution in [2.45, 2.75) is 72.0 Å². The fraction of sp³-hybridized carbons (Fsp3) is 1.00. The van der Waals surface area contributed by atoms with Crippen LogP contribution in [0.1, 0.15) is 53.9 Å². The highest BCUT2D eigenvalue weighted by atomic mass is 16.5. The van der Waals surface area contributed by atoms with Gasteiger partial charge in [0.05, 0.1) is 6.61 Å². The Morgan fingerprint density at radius 3 is 2.58 bits per heavy atom. The number of rotatable bonds is 7. The van der Waals surface area contributed by atoms with Crippen LogP contribution in [0.15, 0.2) is 0 Å². The standard InChI is InChI=1S/C16H34N2O/c1-7-17-14-9-10-16(4,5)11-15(14)18(8-2)13(3)12-19-6/h13-15,17H,7-12H2,1-6H3. The van der Waals surface area contributed by atoms with Crippen LogP contribution in [-0.2, 0) is 4.74 Å². The molecule has 19 heavy (non-hydrogen) atoms. The molecule has 1 aliphatic rings. The number of ether oxygens (including phenoxy) is 1. The van der Waals surface area contributed by atoms with Gasteiger partial charge in [0.1, 0.15) is 0 Å². The molecule has 0 spiro atoms. The van der Waals surface area contributed by atoms with Gasteiger partial charge in [-0.15, -0.1) is 0 Å². The lowest BCUT2D eigenvalue weighted by molar-refractivity contribution is 0.0170. The summed E-state index contributed by atoms with van der Waals surface area (Å²) in [5, 5.41) is 3.70. The van der Waals surface area contributed by atoms with Crippen molar-refractivity contribution >= 4 is 0 Å². The monoisotopic (exact) mass is 270 g/mol. The molecular formula is C16H34N2O. The van der Waals surface area contributed by atoms with E-state index < -0.39 is 0 Å². The minimum atomic E-state index is 0.469. The van der Waals surface area contributed by atoms with Crippen molar-refractivity contribution in [2.75, 3.05) is 26.8 Å². The predicted octanol–water partition coefficient (Wildman–Crippen LogP) is 2.90. The zero-order chi connectivity index (χ0) is 14.5. The van der Waals surface area contributed by atoms with Gasteiger partial charge >= 0.3 is 0 Å². The van der Waals surface area contributed by atoms with E-state index in [-0.39, 0.29) is 0 Å². The Kier molecular flexibility index (Phi) is 6.78. The lowest BCUT2D eigenvalue weighted by atomic mass is 9.72. The highest BCUT2D eigenvalue weighted by Crippen LogP contribution is 2.38. The Hall–Kier alpha value is -0.120. The molecule has 1 fully saturated rings. The van der Waals surface area contributed by atoms with Crippen LogP contribution in [0, 0.1) is 5.41 Å². The van der Waals surface area contributed by atoms with Gasteiger partial charge in [0, 0.05) is 25.2 Å². The molecule has 114 valence electrons. The normalized spacial score (nSPS) is 28.6. The molecular weight excluding hydrogens is 236 g/mol. The van der Waals surface area contributed by atoms with E-state index in [4.69, 9.17) is 4.74 Å². The van der Waals surface area contributed by atoms with E-state index in [2.05, 4.69) is 44.8 Å². The van der Waals surface area contributed by atoms with Crippen molar-refractivity contribution in [1.82, 2.24) is 10.2 Å². The molecule has 1 saturated carbocycles. The van der Waals surface area contributed by atoms with Crippen LogP contribution in [0.5, 0.6) is 0 Å². The summed E-state index contributed by atoms with van der Waals surface area (Å²) >= 11 is 0. The van der Waals surface area contributed by atoms with Crippen LogP contribution >= 0.6 is 0 Å². The fourth-order valence-corrected chi connectivity index (χ4v) is 3.61. The third kappa shape index (κ3) is 4.73. The molecule has 0 aromatic carbocycles. The van der Waals surface area contributed by atoms with Crippen LogP contribution in [0.25, 0.3) is 0 Å². The second-order valence-electron chi connectivity index (χ2n) is 6.77. The lowest BCUT2D eigenvalue weighted by Crippen LogP contribution is -2.57. The number of hydrogen-bond donors (Lipinski definition) is 1. The maximum atomic E-state index is 5.36. The maximum absolute atomic E-state index is 5.36. The van der Waals surface area contributed by atoms with Crippen LogP contribution in [0.3, 0.4) is 0 Å². The zero-order valence-corrected chi connectivity index (χ0v) is 13.8. The van der Waals surface area contributed by atoms with Gasteiger partial charge in [-0.1, -0.05) is 27.7 Å². The lowest BCUT2D eigenvalue weighted by Gasteiger charge is -2.48. The molecule has 1 rings (SSSR count). The molecule has 0 aromatic heterocycles. The van der Waals surface area contributed by atoms with Gasteiger partial charge in [-0.3, -0.25) is 4.90 Å². The number of hydrogen-bond acceptors (Lipinski definition) is 3. The Balaban J connectivity index is 2.80. The minimum Gasteiger partial charge on any atom is -0.383 e. The molecule has 3 nitrogen and oxygen atoms in total. The third-order valence-electron chi connectivity index (χ3n) is 4.59. The topological polar surface area (TPSA) is 24.5 Å². The fourth-order valence-electron chi connectivity index (χ4n) is 3.61. The van der Waals surface area contributed by atoms with E-state index in [0.29, 0.717) is 23.5 Å². The van der Waals surface area contributed by atoms with Crippen LogP contribution in [-0.4, -0.2) is 49.8 Å². The molecule has 1 aliphatic carbocycles. The van der Waals surface area contributed by atoms with Crippen molar-refractivity contribution in [1.29, 1.82) is 0 Å². The van der Waals surface area contributed by atoms with Gasteiger partial charge in [0.15, 0.2) is 0 Å². The number of nitrogens with zero attached hydrogens (tertiary/aromatic N) is 1. The van der Waals surface area contributed by atoms with E-state index >= 15 is 0 Å². The molecule has 0 heterocycles. The smallest absolute Gasteiger partial charge is 0.0615 e. The highest BCUT2D eigenvalue weighted by Gasteiger charge is 2.38. The van der Waals surface area contributed by atoms with Crippen molar-refractivity contribution in [3.63, 3.8) is 0 Å². The second kappa shape index (κ2) is 7.61. The first-order valence-corrected chi connectivity index (χ1v) is 7.93. The highest BCUT2D eigenvalue weighted by molar-refractivity contribution is 4.95. The van der Waals surface area contributed by atoms with Gasteiger partial charge in [-0.2, -0.15) is 0 Å². The summed E-state index contributed by atoms with van der Waals surface area (Å²) in [6, 6.07) is 1.77. The summed E-state index contributed by atoms with van der Waals surface area (Å²) < 4.78 is 5.36. The first kappa shape index (κ1) is 16.9. The van der Waals surface area contributed by atoms with Crippen molar-refractivity contribution in [2.24, 2.45) is 5.41 Å². The summed E-state index contributed by atoms with van der Waals surface area (Å²) in [5.41, 5.74) is 0.469. The van der Waals surface area contributed by atoms with E-state index in [1.807, 2.05) is 0 Å². The van der Waals surface area contributed by atoms with Gasteiger partial charge in [0.25, 0.3) is 0 Å². The average Bonchev–Trinajstić information content (AvgIpc) is 2.33. The number of likely N-dealkylation sites (N-methyl/N-ethyl adjacent to an activating group) is 2. The average molecular weight is 270 g/mol. The molecule has 1 N–H and O–H groups in total. The molecule has 3 atom stereocenters. The number of nitrogens with one attached hydrogen (secondary N) is 1. The van der Waals surface area contributed by atoms with E-state index in [1.54, 1.807) is 7.11 Å². The first-order valence-electron chi connectivity index (χ1n) is 7.93. The third-order valence-corrected chi connectivity index (χ3v) is 4.59. The molecule has 0 aliphatic heterocycles. The van der Waals surface area contributed by atoms with Gasteiger partial charge in [-0.05, 0) is 44.7 Å². The van der Waals surface area contributed by atoms with E-state index in [0.717, 1.165) is 19.7 Å². The summed E-state index contributed by atoms with van der Waals surface area (Å²) in [6.07, 6.45) is 3.91. The van der Waals surface area contributed by atoms with Gasteiger partial charge < -0.3 is 10.1 Å². The molecule has 3 unspecified atom stereocenters. The molecule has 0 bridgehead atoms. The zero-order valence-electron chi connectivity index (χ0n) is 13.8. The number of methoxy groups -OCH3 is 1. The summed E-state index contributed by atoms with van der Waals surface area (Å²) in [7, 11) is 1.80. The van der Waals surface area contributed by atoms with Gasteiger partial charge in [-0.25, -0.2) is 0 Å².